The lowest BCUT2D eigenvalue weighted by Crippen LogP contribution is -2.08. The summed E-state index contributed by atoms with van der Waals surface area (Å²) in [5.41, 5.74) is 2.66. The van der Waals surface area contributed by atoms with Gasteiger partial charge in [0.2, 0.25) is 0 Å². The molecule has 0 radical (unpaired) electrons. The molecule has 128 valence electrons. The van der Waals surface area contributed by atoms with E-state index in [-0.39, 0.29) is 0 Å². The minimum absolute atomic E-state index is 0.336. The van der Waals surface area contributed by atoms with Crippen molar-refractivity contribution < 1.29 is 17.9 Å². The summed E-state index contributed by atoms with van der Waals surface area (Å²) in [6.45, 7) is 4.00. The minimum Gasteiger partial charge on any atom is -0.465 e. The molecule has 0 unspecified atom stereocenters. The van der Waals surface area contributed by atoms with Crippen molar-refractivity contribution in [2.24, 2.45) is 0 Å². The van der Waals surface area contributed by atoms with E-state index in [1.807, 2.05) is 6.07 Å². The van der Waals surface area contributed by atoms with Crippen LogP contribution in [-0.2, 0) is 21.1 Å². The van der Waals surface area contributed by atoms with E-state index in [9.17, 15) is 13.2 Å². The first kappa shape index (κ1) is 17.9. The number of methoxy groups -OCH3 is 1. The number of hydrogen-bond acceptors (Lipinski definition) is 6. The van der Waals surface area contributed by atoms with Crippen LogP contribution in [0.15, 0.2) is 35.2 Å². The number of nitrogens with one attached hydrogen (secondary N) is 1. The Bertz CT molecular complexity index is 876. The molecular formula is C17H20N2O4S. The molecule has 6 nitrogen and oxygen atoms in total. The zero-order chi connectivity index (χ0) is 17.9. The van der Waals surface area contributed by atoms with Crippen LogP contribution < -0.4 is 5.32 Å². The van der Waals surface area contributed by atoms with Gasteiger partial charge >= 0.3 is 5.97 Å². The molecule has 1 aromatic carbocycles. The average molecular weight is 348 g/mol. The third-order valence-corrected chi connectivity index (χ3v) is 4.86. The standard InChI is InChI=1S/C17H20N2O4S/c1-11-9-13(5-7-15(11)24(4,21)22)10-18-16-8-6-14(12(2)19-16)17(20)23-3/h5-9H,10H2,1-4H3,(H,18,19). The van der Waals surface area contributed by atoms with E-state index in [0.29, 0.717) is 34.1 Å². The average Bonchev–Trinajstić information content (AvgIpc) is 2.51. The SMILES string of the molecule is COC(=O)c1ccc(NCc2ccc(S(C)(=O)=O)c(C)c2)nc1C. The van der Waals surface area contributed by atoms with Gasteiger partial charge in [0.25, 0.3) is 0 Å². The molecule has 0 bridgehead atoms. The molecule has 0 atom stereocenters. The van der Waals surface area contributed by atoms with E-state index in [0.717, 1.165) is 5.56 Å². The first-order valence-corrected chi connectivity index (χ1v) is 9.21. The second-order valence-corrected chi connectivity index (χ2v) is 7.53. The van der Waals surface area contributed by atoms with Crippen LogP contribution in [0.5, 0.6) is 0 Å². The number of ether oxygens (including phenoxy) is 1. The normalized spacial score (nSPS) is 11.2. The largest absolute Gasteiger partial charge is 0.465 e. The predicted octanol–water partition coefficient (Wildman–Crippen LogP) is 2.50. The van der Waals surface area contributed by atoms with Gasteiger partial charge in [-0.05, 0) is 43.2 Å². The molecule has 0 spiro atoms. The summed E-state index contributed by atoms with van der Waals surface area (Å²) in [4.78, 5) is 16.2. The first-order valence-electron chi connectivity index (χ1n) is 7.32. The quantitative estimate of drug-likeness (QED) is 0.836. The van der Waals surface area contributed by atoms with Gasteiger partial charge in [-0.15, -0.1) is 0 Å². The van der Waals surface area contributed by atoms with Crippen molar-refractivity contribution in [3.8, 4) is 0 Å². The van der Waals surface area contributed by atoms with Crippen LogP contribution in [0, 0.1) is 13.8 Å². The molecule has 2 aromatic rings. The highest BCUT2D eigenvalue weighted by molar-refractivity contribution is 7.90. The van der Waals surface area contributed by atoms with Gasteiger partial charge in [0.05, 0.1) is 23.3 Å². The van der Waals surface area contributed by atoms with Crippen LogP contribution in [0.2, 0.25) is 0 Å². The van der Waals surface area contributed by atoms with Gasteiger partial charge in [0, 0.05) is 12.8 Å². The first-order chi connectivity index (χ1) is 11.2. The van der Waals surface area contributed by atoms with Gasteiger partial charge in [0.15, 0.2) is 9.84 Å². The zero-order valence-electron chi connectivity index (χ0n) is 14.1. The molecule has 24 heavy (non-hydrogen) atoms. The van der Waals surface area contributed by atoms with E-state index in [1.54, 1.807) is 38.1 Å². The number of anilines is 1. The van der Waals surface area contributed by atoms with Gasteiger partial charge in [0.1, 0.15) is 5.82 Å². The molecule has 0 saturated carbocycles. The number of benzene rings is 1. The smallest absolute Gasteiger partial charge is 0.339 e. The molecule has 0 aliphatic heterocycles. The van der Waals surface area contributed by atoms with Crippen LogP contribution in [0.1, 0.15) is 27.2 Å². The summed E-state index contributed by atoms with van der Waals surface area (Å²) in [5, 5.41) is 3.16. The summed E-state index contributed by atoms with van der Waals surface area (Å²) < 4.78 is 27.9. The van der Waals surface area contributed by atoms with E-state index in [2.05, 4.69) is 15.0 Å². The van der Waals surface area contributed by atoms with Crippen LogP contribution in [0.4, 0.5) is 5.82 Å². The van der Waals surface area contributed by atoms with Crippen LogP contribution in [0.25, 0.3) is 0 Å². The van der Waals surface area contributed by atoms with E-state index < -0.39 is 15.8 Å². The highest BCUT2D eigenvalue weighted by Gasteiger charge is 2.12. The second-order valence-electron chi connectivity index (χ2n) is 5.55. The Kier molecular flexibility index (Phi) is 5.23. The number of esters is 1. The molecule has 0 saturated heterocycles. The number of hydrogen-bond donors (Lipinski definition) is 1. The van der Waals surface area contributed by atoms with Crippen molar-refractivity contribution in [2.75, 3.05) is 18.7 Å². The molecule has 0 amide bonds. The monoisotopic (exact) mass is 348 g/mol. The summed E-state index contributed by atoms with van der Waals surface area (Å²) in [7, 11) is -1.89. The topological polar surface area (TPSA) is 85.4 Å². The molecule has 1 heterocycles. The Labute approximate surface area is 141 Å². The highest BCUT2D eigenvalue weighted by Crippen LogP contribution is 2.18. The van der Waals surface area contributed by atoms with Crippen molar-refractivity contribution in [3.05, 3.63) is 52.7 Å². The summed E-state index contributed by atoms with van der Waals surface area (Å²) in [6, 6.07) is 8.58. The second kappa shape index (κ2) is 7.00. The minimum atomic E-state index is -3.21. The number of aromatic nitrogens is 1. The van der Waals surface area contributed by atoms with Crippen LogP contribution in [-0.4, -0.2) is 32.7 Å². The molecule has 2 rings (SSSR count). The van der Waals surface area contributed by atoms with E-state index in [4.69, 9.17) is 0 Å². The molecule has 0 aliphatic rings. The Balaban J connectivity index is 2.13. The number of carbonyl (C=O) groups excluding carboxylic acids is 1. The van der Waals surface area contributed by atoms with Gasteiger partial charge in [-0.25, -0.2) is 18.2 Å². The molecule has 1 N–H and O–H groups in total. The fourth-order valence-electron chi connectivity index (χ4n) is 2.42. The van der Waals surface area contributed by atoms with Crippen molar-refractivity contribution in [3.63, 3.8) is 0 Å². The maximum atomic E-state index is 11.6. The van der Waals surface area contributed by atoms with Gasteiger partial charge in [-0.2, -0.15) is 0 Å². The van der Waals surface area contributed by atoms with Crippen molar-refractivity contribution in [2.45, 2.75) is 25.3 Å². The fraction of sp³-hybridized carbons (Fsp3) is 0.294. The Hall–Kier alpha value is -2.41. The third-order valence-electron chi connectivity index (χ3n) is 3.60. The molecule has 1 aromatic heterocycles. The maximum Gasteiger partial charge on any atom is 0.339 e. The maximum absolute atomic E-state index is 11.6. The Morgan fingerprint density at radius 1 is 1.21 bits per heavy atom. The van der Waals surface area contributed by atoms with Crippen LogP contribution in [0.3, 0.4) is 0 Å². The third kappa shape index (κ3) is 4.11. The van der Waals surface area contributed by atoms with Gasteiger partial charge < -0.3 is 10.1 Å². The number of rotatable bonds is 5. The van der Waals surface area contributed by atoms with E-state index >= 15 is 0 Å². The Morgan fingerprint density at radius 2 is 1.92 bits per heavy atom. The molecule has 0 fully saturated rings. The fourth-order valence-corrected chi connectivity index (χ4v) is 3.37. The van der Waals surface area contributed by atoms with Crippen molar-refractivity contribution >= 4 is 21.6 Å². The number of nitrogens with zero attached hydrogens (tertiary/aromatic N) is 1. The molecule has 0 aliphatic carbocycles. The predicted molar refractivity (Wildman–Crippen MR) is 91.9 cm³/mol. The summed E-state index contributed by atoms with van der Waals surface area (Å²) in [5.74, 6) is 0.212. The van der Waals surface area contributed by atoms with Crippen LogP contribution >= 0.6 is 0 Å². The highest BCUT2D eigenvalue weighted by atomic mass is 32.2. The lowest BCUT2D eigenvalue weighted by atomic mass is 10.1. The lowest BCUT2D eigenvalue weighted by molar-refractivity contribution is 0.0599. The zero-order valence-corrected chi connectivity index (χ0v) is 14.9. The van der Waals surface area contributed by atoms with Gasteiger partial charge in [-0.1, -0.05) is 12.1 Å². The van der Waals surface area contributed by atoms with E-state index in [1.165, 1.54) is 13.4 Å². The summed E-state index contributed by atoms with van der Waals surface area (Å²) >= 11 is 0. The van der Waals surface area contributed by atoms with Crippen molar-refractivity contribution in [1.82, 2.24) is 4.98 Å². The van der Waals surface area contributed by atoms with Gasteiger partial charge in [-0.3, -0.25) is 0 Å². The number of sulfone groups is 1. The number of aryl methyl sites for hydroxylation is 2. The number of carbonyl (C=O) groups is 1. The summed E-state index contributed by atoms with van der Waals surface area (Å²) in [6.07, 6.45) is 1.20. The Morgan fingerprint density at radius 3 is 2.46 bits per heavy atom. The molecular weight excluding hydrogens is 328 g/mol. The lowest BCUT2D eigenvalue weighted by Gasteiger charge is -2.10. The number of pyridine rings is 1. The molecule has 7 heteroatoms. The van der Waals surface area contributed by atoms with Crippen molar-refractivity contribution in [1.29, 1.82) is 0 Å².